The van der Waals surface area contributed by atoms with Crippen LogP contribution in [0.4, 0.5) is 16.0 Å². The zero-order valence-electron chi connectivity index (χ0n) is 12.1. The molecule has 116 valence electrons. The van der Waals surface area contributed by atoms with Crippen molar-refractivity contribution < 1.29 is 9.13 Å². The van der Waals surface area contributed by atoms with Gasteiger partial charge in [-0.1, -0.05) is 0 Å². The molecule has 1 aliphatic rings. The molecular weight excluding hydrogens is 297 g/mol. The molecular formula is C16H14FN5O. The van der Waals surface area contributed by atoms with Gasteiger partial charge in [0.25, 0.3) is 0 Å². The molecule has 0 saturated carbocycles. The lowest BCUT2D eigenvalue weighted by atomic mass is 10.0. The van der Waals surface area contributed by atoms with E-state index >= 15 is 0 Å². The number of nitrogens with one attached hydrogen (secondary N) is 2. The molecule has 1 aliphatic heterocycles. The van der Waals surface area contributed by atoms with Crippen molar-refractivity contribution in [3.05, 3.63) is 42.5 Å². The van der Waals surface area contributed by atoms with Crippen molar-refractivity contribution in [1.82, 2.24) is 15.0 Å². The molecule has 7 heteroatoms. The van der Waals surface area contributed by atoms with Crippen molar-refractivity contribution in [1.29, 1.82) is 0 Å². The Kier molecular flexibility index (Phi) is 3.11. The van der Waals surface area contributed by atoms with Crippen LogP contribution in [0.5, 0.6) is 5.75 Å². The van der Waals surface area contributed by atoms with Crippen molar-refractivity contribution in [3.8, 4) is 28.3 Å². The molecule has 23 heavy (non-hydrogen) atoms. The van der Waals surface area contributed by atoms with Gasteiger partial charge in [0.05, 0.1) is 17.1 Å². The lowest BCUT2D eigenvalue weighted by Gasteiger charge is -2.19. The molecule has 0 amide bonds. The maximum atomic E-state index is 13.4. The van der Waals surface area contributed by atoms with E-state index in [4.69, 9.17) is 10.5 Å². The van der Waals surface area contributed by atoms with E-state index in [1.807, 2.05) is 18.2 Å². The molecule has 1 aromatic carbocycles. The highest BCUT2D eigenvalue weighted by Gasteiger charge is 2.17. The van der Waals surface area contributed by atoms with Crippen LogP contribution in [0, 0.1) is 5.95 Å². The SMILES string of the molecule is Nc1nc(-c2ccc3c(c2)NCCO3)c(-c2ccnc(F)c2)[nH]1. The van der Waals surface area contributed by atoms with Gasteiger partial charge >= 0.3 is 0 Å². The number of benzene rings is 1. The molecule has 2 aromatic heterocycles. The minimum absolute atomic E-state index is 0.272. The fraction of sp³-hybridized carbons (Fsp3) is 0.125. The average molecular weight is 311 g/mol. The number of pyridine rings is 1. The molecule has 4 N–H and O–H groups in total. The number of aromatic amines is 1. The number of H-pyrrole nitrogens is 1. The summed E-state index contributed by atoms with van der Waals surface area (Å²) in [4.78, 5) is 10.9. The number of rotatable bonds is 2. The molecule has 0 aliphatic carbocycles. The van der Waals surface area contributed by atoms with Crippen molar-refractivity contribution in [2.45, 2.75) is 0 Å². The third-order valence-electron chi connectivity index (χ3n) is 3.67. The van der Waals surface area contributed by atoms with Crippen molar-refractivity contribution in [2.24, 2.45) is 0 Å². The summed E-state index contributed by atoms with van der Waals surface area (Å²) in [5.74, 6) is 0.524. The summed E-state index contributed by atoms with van der Waals surface area (Å²) in [6.07, 6.45) is 1.41. The summed E-state index contributed by atoms with van der Waals surface area (Å²) in [6.45, 7) is 1.39. The number of hydrogen-bond acceptors (Lipinski definition) is 5. The molecule has 0 fully saturated rings. The standard InChI is InChI=1S/C16H14FN5O/c17-13-8-10(3-4-20-13)15-14(21-16(18)22-15)9-1-2-12-11(7-9)19-5-6-23-12/h1-4,7-8,19H,5-6H2,(H3,18,21,22). The lowest BCUT2D eigenvalue weighted by Crippen LogP contribution is -2.17. The van der Waals surface area contributed by atoms with Crippen LogP contribution < -0.4 is 15.8 Å². The number of fused-ring (bicyclic) bond motifs is 1. The number of aromatic nitrogens is 3. The number of hydrogen-bond donors (Lipinski definition) is 3. The second kappa shape index (κ2) is 5.28. The quantitative estimate of drug-likeness (QED) is 0.633. The zero-order chi connectivity index (χ0) is 15.8. The zero-order valence-corrected chi connectivity index (χ0v) is 12.1. The van der Waals surface area contributed by atoms with Crippen LogP contribution in [0.3, 0.4) is 0 Å². The van der Waals surface area contributed by atoms with Crippen molar-refractivity contribution >= 4 is 11.6 Å². The van der Waals surface area contributed by atoms with Gasteiger partial charge in [-0.15, -0.1) is 0 Å². The molecule has 0 radical (unpaired) electrons. The summed E-state index contributed by atoms with van der Waals surface area (Å²) in [6, 6.07) is 8.79. The highest BCUT2D eigenvalue weighted by atomic mass is 19.1. The van der Waals surface area contributed by atoms with E-state index in [0.29, 0.717) is 23.6 Å². The van der Waals surface area contributed by atoms with Gasteiger partial charge < -0.3 is 20.8 Å². The first-order valence-corrected chi connectivity index (χ1v) is 7.19. The Bertz CT molecular complexity index is 877. The largest absolute Gasteiger partial charge is 0.490 e. The molecule has 0 saturated heterocycles. The fourth-order valence-electron chi connectivity index (χ4n) is 2.66. The van der Waals surface area contributed by atoms with E-state index in [1.54, 1.807) is 6.07 Å². The van der Waals surface area contributed by atoms with Gasteiger partial charge in [-0.2, -0.15) is 4.39 Å². The molecule has 0 atom stereocenters. The number of nitrogens with zero attached hydrogens (tertiary/aromatic N) is 2. The maximum Gasteiger partial charge on any atom is 0.213 e. The summed E-state index contributed by atoms with van der Waals surface area (Å²) in [5.41, 5.74) is 9.53. The van der Waals surface area contributed by atoms with Gasteiger partial charge in [-0.25, -0.2) is 9.97 Å². The minimum Gasteiger partial charge on any atom is -0.490 e. The highest BCUT2D eigenvalue weighted by molar-refractivity contribution is 5.82. The van der Waals surface area contributed by atoms with Crippen LogP contribution in [0.15, 0.2) is 36.5 Å². The van der Waals surface area contributed by atoms with Crippen LogP contribution in [-0.4, -0.2) is 28.1 Å². The van der Waals surface area contributed by atoms with Crippen LogP contribution in [0.25, 0.3) is 22.5 Å². The predicted molar refractivity (Wildman–Crippen MR) is 85.6 cm³/mol. The Morgan fingerprint density at radius 3 is 2.96 bits per heavy atom. The van der Waals surface area contributed by atoms with Gasteiger partial charge in [-0.3, -0.25) is 0 Å². The first-order chi connectivity index (χ1) is 11.2. The van der Waals surface area contributed by atoms with Gasteiger partial charge in [-0.05, 0) is 24.3 Å². The first-order valence-electron chi connectivity index (χ1n) is 7.19. The average Bonchev–Trinajstić information content (AvgIpc) is 2.96. The number of nitrogens with two attached hydrogens (primary N) is 1. The number of nitrogen functional groups attached to an aromatic ring is 1. The third-order valence-corrected chi connectivity index (χ3v) is 3.67. The van der Waals surface area contributed by atoms with E-state index in [0.717, 1.165) is 23.5 Å². The monoisotopic (exact) mass is 311 g/mol. The van der Waals surface area contributed by atoms with Crippen LogP contribution >= 0.6 is 0 Å². The predicted octanol–water partition coefficient (Wildman–Crippen LogP) is 2.66. The normalized spacial score (nSPS) is 13.1. The van der Waals surface area contributed by atoms with E-state index < -0.39 is 5.95 Å². The van der Waals surface area contributed by atoms with E-state index in [9.17, 15) is 4.39 Å². The smallest absolute Gasteiger partial charge is 0.213 e. The second-order valence-electron chi connectivity index (χ2n) is 5.20. The van der Waals surface area contributed by atoms with Gasteiger partial charge in [0.2, 0.25) is 5.95 Å². The van der Waals surface area contributed by atoms with Crippen LogP contribution in [0.2, 0.25) is 0 Å². The molecule has 3 heterocycles. The Hall–Kier alpha value is -3.09. The van der Waals surface area contributed by atoms with E-state index in [-0.39, 0.29) is 5.95 Å². The fourth-order valence-corrected chi connectivity index (χ4v) is 2.66. The van der Waals surface area contributed by atoms with Crippen molar-refractivity contribution in [3.63, 3.8) is 0 Å². The van der Waals surface area contributed by atoms with Gasteiger partial charge in [0, 0.05) is 29.9 Å². The van der Waals surface area contributed by atoms with E-state index in [2.05, 4.69) is 20.3 Å². The summed E-state index contributed by atoms with van der Waals surface area (Å²) >= 11 is 0. The minimum atomic E-state index is -0.554. The lowest BCUT2D eigenvalue weighted by molar-refractivity contribution is 0.323. The number of anilines is 2. The molecule has 3 aromatic rings. The molecule has 6 nitrogen and oxygen atoms in total. The van der Waals surface area contributed by atoms with Gasteiger partial charge in [0.15, 0.2) is 5.95 Å². The van der Waals surface area contributed by atoms with Crippen molar-refractivity contribution in [2.75, 3.05) is 24.2 Å². The van der Waals surface area contributed by atoms with Crippen LogP contribution in [-0.2, 0) is 0 Å². The summed E-state index contributed by atoms with van der Waals surface area (Å²) in [5, 5.41) is 3.28. The molecule has 0 spiro atoms. The molecule has 0 unspecified atom stereocenters. The molecule has 4 rings (SSSR count). The summed E-state index contributed by atoms with van der Waals surface area (Å²) in [7, 11) is 0. The number of imidazole rings is 1. The maximum absolute atomic E-state index is 13.4. The molecule has 0 bridgehead atoms. The summed E-state index contributed by atoms with van der Waals surface area (Å²) < 4.78 is 19.0. The second-order valence-corrected chi connectivity index (χ2v) is 5.20. The van der Waals surface area contributed by atoms with E-state index in [1.165, 1.54) is 12.3 Å². The number of ether oxygens (including phenoxy) is 1. The first kappa shape index (κ1) is 13.6. The topological polar surface area (TPSA) is 88.8 Å². The third kappa shape index (κ3) is 2.46. The Labute approximate surface area is 131 Å². The Balaban J connectivity index is 1.83. The Morgan fingerprint density at radius 2 is 2.09 bits per heavy atom. The Morgan fingerprint density at radius 1 is 1.17 bits per heavy atom. The van der Waals surface area contributed by atoms with Crippen LogP contribution in [0.1, 0.15) is 0 Å². The number of halogens is 1. The highest BCUT2D eigenvalue weighted by Crippen LogP contribution is 2.36. The van der Waals surface area contributed by atoms with Gasteiger partial charge in [0.1, 0.15) is 12.4 Å².